The van der Waals surface area contributed by atoms with Gasteiger partial charge >= 0.3 is 0 Å². The van der Waals surface area contributed by atoms with E-state index in [2.05, 4.69) is 0 Å². The van der Waals surface area contributed by atoms with Crippen LogP contribution in [0.3, 0.4) is 0 Å². The monoisotopic (exact) mass is 226 g/mol. The van der Waals surface area contributed by atoms with E-state index in [1.807, 2.05) is 12.1 Å². The van der Waals surface area contributed by atoms with Crippen LogP contribution in [-0.2, 0) is 0 Å². The number of rotatable bonds is 1. The van der Waals surface area contributed by atoms with Gasteiger partial charge in [0.2, 0.25) is 0 Å². The van der Waals surface area contributed by atoms with Crippen LogP contribution in [0.5, 0.6) is 0 Å². The molecule has 1 aromatic carbocycles. The van der Waals surface area contributed by atoms with E-state index in [1.54, 1.807) is 0 Å². The van der Waals surface area contributed by atoms with E-state index in [0.29, 0.717) is 5.69 Å². The summed E-state index contributed by atoms with van der Waals surface area (Å²) in [6.45, 7) is 0. The Bertz CT molecular complexity index is 641. The van der Waals surface area contributed by atoms with Crippen LogP contribution in [0.4, 0.5) is 10.1 Å². The lowest BCUT2D eigenvalue weighted by atomic mass is 10.3. The molecule has 0 fully saturated rings. The van der Waals surface area contributed by atoms with Crippen LogP contribution < -0.4 is 5.73 Å². The Hall–Kier alpha value is -2.79. The molecule has 1 heterocycles. The number of nitriles is 2. The quantitative estimate of drug-likeness (QED) is 0.807. The Labute approximate surface area is 96.9 Å². The second-order valence-electron chi connectivity index (χ2n) is 3.38. The molecule has 5 heteroatoms. The third-order valence-corrected chi connectivity index (χ3v) is 2.38. The Morgan fingerprint density at radius 1 is 1.12 bits per heavy atom. The predicted molar refractivity (Wildman–Crippen MR) is 59.6 cm³/mol. The molecule has 0 atom stereocenters. The molecule has 0 saturated heterocycles. The van der Waals surface area contributed by atoms with Crippen LogP contribution in [0.2, 0.25) is 0 Å². The van der Waals surface area contributed by atoms with Gasteiger partial charge in [0.25, 0.3) is 0 Å². The summed E-state index contributed by atoms with van der Waals surface area (Å²) >= 11 is 0. The van der Waals surface area contributed by atoms with E-state index in [9.17, 15) is 4.39 Å². The van der Waals surface area contributed by atoms with E-state index in [0.717, 1.165) is 0 Å². The number of halogens is 1. The van der Waals surface area contributed by atoms with Gasteiger partial charge in [-0.05, 0) is 24.3 Å². The topological polar surface area (TPSA) is 78.5 Å². The van der Waals surface area contributed by atoms with Crippen molar-refractivity contribution in [3.05, 3.63) is 47.5 Å². The summed E-state index contributed by atoms with van der Waals surface area (Å²) in [5.74, 6) is -0.368. The maximum Gasteiger partial charge on any atom is 0.149 e. The van der Waals surface area contributed by atoms with Crippen molar-refractivity contribution in [3.63, 3.8) is 0 Å². The van der Waals surface area contributed by atoms with E-state index in [1.165, 1.54) is 35.0 Å². The standard InChI is InChI=1S/C12H7FN4/c13-9-1-3-10(4-2-9)17-7-8(5-14)12(16)11(17)6-15/h1-4,7H,16H2. The molecule has 0 aliphatic carbocycles. The number of anilines is 1. The summed E-state index contributed by atoms with van der Waals surface area (Å²) in [4.78, 5) is 0. The number of nitrogens with zero attached hydrogens (tertiary/aromatic N) is 3. The molecule has 2 N–H and O–H groups in total. The van der Waals surface area contributed by atoms with Gasteiger partial charge in [0.1, 0.15) is 23.6 Å². The van der Waals surface area contributed by atoms with Crippen molar-refractivity contribution >= 4 is 5.69 Å². The normalized spacial score (nSPS) is 9.59. The second-order valence-corrected chi connectivity index (χ2v) is 3.38. The fourth-order valence-corrected chi connectivity index (χ4v) is 1.53. The molecule has 0 aliphatic heterocycles. The maximum atomic E-state index is 12.8. The first-order valence-electron chi connectivity index (χ1n) is 4.74. The lowest BCUT2D eigenvalue weighted by Crippen LogP contribution is -1.97. The molecule has 82 valence electrons. The van der Waals surface area contributed by atoms with Crippen molar-refractivity contribution in [2.75, 3.05) is 5.73 Å². The van der Waals surface area contributed by atoms with Crippen molar-refractivity contribution in [2.45, 2.75) is 0 Å². The van der Waals surface area contributed by atoms with E-state index in [4.69, 9.17) is 16.3 Å². The molecule has 4 nitrogen and oxygen atoms in total. The van der Waals surface area contributed by atoms with Gasteiger partial charge < -0.3 is 10.3 Å². The highest BCUT2D eigenvalue weighted by molar-refractivity contribution is 5.64. The van der Waals surface area contributed by atoms with Gasteiger partial charge in [-0.15, -0.1) is 0 Å². The maximum absolute atomic E-state index is 12.8. The predicted octanol–water partition coefficient (Wildman–Crippen LogP) is 1.94. The lowest BCUT2D eigenvalue weighted by Gasteiger charge is -2.03. The van der Waals surface area contributed by atoms with E-state index >= 15 is 0 Å². The first kappa shape index (κ1) is 10.7. The average Bonchev–Trinajstić information content (AvgIpc) is 2.66. The molecule has 0 amide bonds. The number of hydrogen-bond donors (Lipinski definition) is 1. The zero-order valence-corrected chi connectivity index (χ0v) is 8.68. The van der Waals surface area contributed by atoms with E-state index < -0.39 is 0 Å². The smallest absolute Gasteiger partial charge is 0.149 e. The molecular weight excluding hydrogens is 219 g/mol. The minimum Gasteiger partial charge on any atom is -0.395 e. The van der Waals surface area contributed by atoms with Gasteiger partial charge in [-0.2, -0.15) is 10.5 Å². The minimum absolute atomic E-state index is 0.138. The number of benzene rings is 1. The second kappa shape index (κ2) is 3.99. The highest BCUT2D eigenvalue weighted by Crippen LogP contribution is 2.22. The number of aromatic nitrogens is 1. The van der Waals surface area contributed by atoms with Gasteiger partial charge in [0, 0.05) is 11.9 Å². The van der Waals surface area contributed by atoms with Crippen LogP contribution in [0.25, 0.3) is 5.69 Å². The molecule has 2 aromatic rings. The first-order valence-corrected chi connectivity index (χ1v) is 4.74. The fraction of sp³-hybridized carbons (Fsp3) is 0. The van der Waals surface area contributed by atoms with Crippen LogP contribution in [-0.4, -0.2) is 4.57 Å². The Kier molecular flexibility index (Phi) is 2.52. The summed E-state index contributed by atoms with van der Waals surface area (Å²) in [5.41, 5.74) is 6.77. The molecule has 2 rings (SSSR count). The first-order chi connectivity index (χ1) is 8.17. The van der Waals surface area contributed by atoms with Gasteiger partial charge in [-0.3, -0.25) is 0 Å². The van der Waals surface area contributed by atoms with Gasteiger partial charge in [0.05, 0.1) is 11.3 Å². The summed E-state index contributed by atoms with van der Waals surface area (Å²) in [6, 6.07) is 9.40. The fourth-order valence-electron chi connectivity index (χ4n) is 1.53. The molecule has 0 spiro atoms. The third-order valence-electron chi connectivity index (χ3n) is 2.38. The zero-order valence-electron chi connectivity index (χ0n) is 8.68. The van der Waals surface area contributed by atoms with Crippen molar-refractivity contribution in [1.29, 1.82) is 10.5 Å². The summed E-state index contributed by atoms with van der Waals surface area (Å²) < 4.78 is 14.2. The minimum atomic E-state index is -0.368. The number of hydrogen-bond acceptors (Lipinski definition) is 3. The zero-order chi connectivity index (χ0) is 12.4. The molecule has 0 saturated carbocycles. The molecule has 0 unspecified atom stereocenters. The van der Waals surface area contributed by atoms with Crippen molar-refractivity contribution in [2.24, 2.45) is 0 Å². The van der Waals surface area contributed by atoms with Crippen molar-refractivity contribution < 1.29 is 4.39 Å². The Morgan fingerprint density at radius 3 is 2.29 bits per heavy atom. The molecule has 1 aromatic heterocycles. The lowest BCUT2D eigenvalue weighted by molar-refractivity contribution is 0.627. The van der Waals surface area contributed by atoms with Gasteiger partial charge in [-0.25, -0.2) is 4.39 Å². The van der Waals surface area contributed by atoms with Gasteiger partial charge in [-0.1, -0.05) is 0 Å². The SMILES string of the molecule is N#Cc1cn(-c2ccc(F)cc2)c(C#N)c1N. The van der Waals surface area contributed by atoms with Crippen LogP contribution >= 0.6 is 0 Å². The molecule has 0 aliphatic rings. The van der Waals surface area contributed by atoms with Crippen LogP contribution in [0, 0.1) is 28.5 Å². The Balaban J connectivity index is 2.65. The molecule has 0 radical (unpaired) electrons. The van der Waals surface area contributed by atoms with Crippen LogP contribution in [0.1, 0.15) is 11.3 Å². The number of nitrogen functional groups attached to an aromatic ring is 1. The molecule has 17 heavy (non-hydrogen) atoms. The highest BCUT2D eigenvalue weighted by Gasteiger charge is 2.13. The van der Waals surface area contributed by atoms with Gasteiger partial charge in [0.15, 0.2) is 0 Å². The summed E-state index contributed by atoms with van der Waals surface area (Å²) in [5, 5.41) is 17.8. The summed E-state index contributed by atoms with van der Waals surface area (Å²) in [6.07, 6.45) is 1.46. The third kappa shape index (κ3) is 1.70. The van der Waals surface area contributed by atoms with Crippen molar-refractivity contribution in [3.8, 4) is 17.8 Å². The number of nitrogens with two attached hydrogens (primary N) is 1. The van der Waals surface area contributed by atoms with E-state index in [-0.39, 0.29) is 22.8 Å². The largest absolute Gasteiger partial charge is 0.395 e. The molecule has 0 bridgehead atoms. The molecular formula is C12H7FN4. The highest BCUT2D eigenvalue weighted by atomic mass is 19.1. The average molecular weight is 226 g/mol. The van der Waals surface area contributed by atoms with Crippen molar-refractivity contribution in [1.82, 2.24) is 4.57 Å². The summed E-state index contributed by atoms with van der Waals surface area (Å²) in [7, 11) is 0. The van der Waals surface area contributed by atoms with Crippen LogP contribution in [0.15, 0.2) is 30.5 Å². The Morgan fingerprint density at radius 2 is 1.76 bits per heavy atom.